The molecule has 5 heteroatoms. The maximum Gasteiger partial charge on any atom is 0.0491 e. The second kappa shape index (κ2) is 8.48. The molecule has 0 atom stereocenters. The van der Waals surface area contributed by atoms with Gasteiger partial charge in [0.15, 0.2) is 0 Å². The van der Waals surface area contributed by atoms with E-state index >= 15 is 0 Å². The Labute approximate surface area is 153 Å². The summed E-state index contributed by atoms with van der Waals surface area (Å²) in [4.78, 5) is 2.66. The van der Waals surface area contributed by atoms with E-state index in [2.05, 4.69) is 34.5 Å². The number of piperidine rings is 1. The third-order valence-corrected chi connectivity index (χ3v) is 8.08. The molecule has 0 radical (unpaired) electrons. The van der Waals surface area contributed by atoms with Crippen LogP contribution in [0, 0.1) is 5.41 Å². The van der Waals surface area contributed by atoms with Crippen molar-refractivity contribution in [2.45, 2.75) is 25.3 Å². The highest BCUT2D eigenvalue weighted by Crippen LogP contribution is 2.37. The minimum absolute atomic E-state index is 0.00646. The largest absolute Gasteiger partial charge is 0.396 e. The number of hydrogen-bond donors (Lipinski definition) is 1. The minimum Gasteiger partial charge on any atom is -0.396 e. The Balaban J connectivity index is 1.61. The summed E-state index contributed by atoms with van der Waals surface area (Å²) in [6.45, 7) is 2.48. The summed E-state index contributed by atoms with van der Waals surface area (Å²) in [6, 6.07) is 8.79. The average Bonchev–Trinajstić information content (AvgIpc) is 2.87. The number of benzene rings is 1. The van der Waals surface area contributed by atoms with E-state index < -0.39 is 0 Å². The third kappa shape index (κ3) is 4.60. The van der Waals surface area contributed by atoms with Crippen molar-refractivity contribution in [1.82, 2.24) is 4.90 Å². The van der Waals surface area contributed by atoms with Crippen molar-refractivity contribution in [3.8, 4) is 0 Å². The number of likely N-dealkylation sites (tertiary alicyclic amines) is 1. The van der Waals surface area contributed by atoms with Crippen molar-refractivity contribution in [3.63, 3.8) is 0 Å². The van der Waals surface area contributed by atoms with Crippen molar-refractivity contribution in [2.75, 3.05) is 42.7 Å². The fourth-order valence-corrected chi connectivity index (χ4v) is 6.44. The number of aliphatic hydroxyl groups excluding tert-OH is 1. The van der Waals surface area contributed by atoms with Gasteiger partial charge < -0.3 is 5.11 Å². The lowest BCUT2D eigenvalue weighted by Crippen LogP contribution is -2.48. The molecule has 0 saturated carbocycles. The Morgan fingerprint density at radius 1 is 1.13 bits per heavy atom. The average molecular weight is 372 g/mol. The second-order valence-corrected chi connectivity index (χ2v) is 9.47. The SMILES string of the molecule is OCC1(Cc2ccccc2Cl)CCN(C2CSCCSC2)CC1. The van der Waals surface area contributed by atoms with Crippen LogP contribution in [0.3, 0.4) is 0 Å². The molecule has 2 saturated heterocycles. The number of aliphatic hydroxyl groups is 1. The topological polar surface area (TPSA) is 23.5 Å². The molecule has 128 valence electrons. The number of hydrogen-bond acceptors (Lipinski definition) is 4. The predicted octanol–water partition coefficient (Wildman–Crippen LogP) is 3.81. The first-order valence-electron chi connectivity index (χ1n) is 8.46. The van der Waals surface area contributed by atoms with Crippen LogP contribution in [-0.2, 0) is 6.42 Å². The molecule has 23 heavy (non-hydrogen) atoms. The number of rotatable bonds is 4. The van der Waals surface area contributed by atoms with Crippen LogP contribution in [0.5, 0.6) is 0 Å². The summed E-state index contributed by atoms with van der Waals surface area (Å²) < 4.78 is 0. The van der Waals surface area contributed by atoms with E-state index in [1.165, 1.54) is 28.6 Å². The van der Waals surface area contributed by atoms with Crippen molar-refractivity contribution in [1.29, 1.82) is 0 Å². The van der Waals surface area contributed by atoms with Gasteiger partial charge in [-0.1, -0.05) is 29.8 Å². The summed E-state index contributed by atoms with van der Waals surface area (Å²) in [6.07, 6.45) is 3.03. The minimum atomic E-state index is 0.00646. The standard InChI is InChI=1S/C18H26ClNOS2/c19-17-4-2-1-3-15(17)11-18(14-21)5-7-20(8-6-18)16-12-22-9-10-23-13-16/h1-4,16,21H,5-14H2. The zero-order valence-electron chi connectivity index (χ0n) is 13.5. The highest BCUT2D eigenvalue weighted by atomic mass is 35.5. The Hall–Kier alpha value is 0.130. The summed E-state index contributed by atoms with van der Waals surface area (Å²) in [7, 11) is 0. The van der Waals surface area contributed by atoms with Crippen LogP contribution in [0.15, 0.2) is 24.3 Å². The molecule has 1 aromatic rings. The van der Waals surface area contributed by atoms with Gasteiger partial charge in [-0.05, 0) is 49.4 Å². The number of nitrogens with zero attached hydrogens (tertiary/aromatic N) is 1. The van der Waals surface area contributed by atoms with Gasteiger partial charge in [0.05, 0.1) is 0 Å². The monoisotopic (exact) mass is 371 g/mol. The van der Waals surface area contributed by atoms with Crippen LogP contribution < -0.4 is 0 Å². The lowest BCUT2D eigenvalue weighted by atomic mass is 9.74. The van der Waals surface area contributed by atoms with Crippen LogP contribution in [0.1, 0.15) is 18.4 Å². The zero-order valence-corrected chi connectivity index (χ0v) is 15.9. The van der Waals surface area contributed by atoms with E-state index in [4.69, 9.17) is 11.6 Å². The van der Waals surface area contributed by atoms with E-state index in [1.54, 1.807) is 0 Å². The van der Waals surface area contributed by atoms with Crippen LogP contribution in [0.25, 0.3) is 0 Å². The first-order chi connectivity index (χ1) is 11.2. The normalized spacial score (nSPS) is 23.6. The molecule has 2 fully saturated rings. The molecule has 0 spiro atoms. The lowest BCUT2D eigenvalue weighted by molar-refractivity contribution is 0.0345. The molecule has 2 heterocycles. The van der Waals surface area contributed by atoms with E-state index in [0.29, 0.717) is 6.04 Å². The second-order valence-electron chi connectivity index (χ2n) is 6.77. The molecule has 1 aromatic carbocycles. The third-order valence-electron chi connectivity index (χ3n) is 5.23. The molecule has 0 amide bonds. The van der Waals surface area contributed by atoms with E-state index in [0.717, 1.165) is 37.4 Å². The van der Waals surface area contributed by atoms with Gasteiger partial charge in [-0.15, -0.1) is 0 Å². The Kier molecular flexibility index (Phi) is 6.62. The lowest BCUT2D eigenvalue weighted by Gasteiger charge is -2.43. The molecular formula is C18H26ClNOS2. The fraction of sp³-hybridized carbons (Fsp3) is 0.667. The first-order valence-corrected chi connectivity index (χ1v) is 11.1. The summed E-state index contributed by atoms with van der Waals surface area (Å²) in [5.41, 5.74) is 1.18. The van der Waals surface area contributed by atoms with Gasteiger partial charge in [-0.2, -0.15) is 23.5 Å². The van der Waals surface area contributed by atoms with Gasteiger partial charge in [0.25, 0.3) is 0 Å². The van der Waals surface area contributed by atoms with Crippen LogP contribution >= 0.6 is 35.1 Å². The van der Waals surface area contributed by atoms with Gasteiger partial charge in [-0.3, -0.25) is 4.90 Å². The maximum absolute atomic E-state index is 10.1. The molecular weight excluding hydrogens is 346 g/mol. The van der Waals surface area contributed by atoms with E-state index in [9.17, 15) is 5.11 Å². The molecule has 0 aliphatic carbocycles. The van der Waals surface area contributed by atoms with Gasteiger partial charge in [0.1, 0.15) is 0 Å². The van der Waals surface area contributed by atoms with Gasteiger partial charge in [0, 0.05) is 40.7 Å². The Morgan fingerprint density at radius 2 is 1.78 bits per heavy atom. The quantitative estimate of drug-likeness (QED) is 0.869. The first kappa shape index (κ1) is 17.9. The zero-order chi connectivity index (χ0) is 16.1. The Morgan fingerprint density at radius 3 is 2.39 bits per heavy atom. The molecule has 3 rings (SSSR count). The van der Waals surface area contributed by atoms with Crippen molar-refractivity contribution >= 4 is 35.1 Å². The van der Waals surface area contributed by atoms with Gasteiger partial charge >= 0.3 is 0 Å². The van der Waals surface area contributed by atoms with Crippen LogP contribution in [-0.4, -0.2) is 58.8 Å². The van der Waals surface area contributed by atoms with E-state index in [1.807, 2.05) is 18.2 Å². The van der Waals surface area contributed by atoms with Gasteiger partial charge in [0.2, 0.25) is 0 Å². The molecule has 0 unspecified atom stereocenters. The van der Waals surface area contributed by atoms with Crippen LogP contribution in [0.4, 0.5) is 0 Å². The number of thioether (sulfide) groups is 2. The molecule has 2 aliphatic rings. The van der Waals surface area contributed by atoms with Crippen molar-refractivity contribution in [3.05, 3.63) is 34.9 Å². The molecule has 0 bridgehead atoms. The van der Waals surface area contributed by atoms with Crippen molar-refractivity contribution < 1.29 is 5.11 Å². The van der Waals surface area contributed by atoms with E-state index in [-0.39, 0.29) is 12.0 Å². The fourth-order valence-electron chi connectivity index (χ4n) is 3.62. The smallest absolute Gasteiger partial charge is 0.0491 e. The number of halogens is 1. The summed E-state index contributed by atoms with van der Waals surface area (Å²) >= 11 is 10.5. The van der Waals surface area contributed by atoms with Crippen LogP contribution in [0.2, 0.25) is 5.02 Å². The van der Waals surface area contributed by atoms with Crippen molar-refractivity contribution in [2.24, 2.45) is 5.41 Å². The molecule has 2 aliphatic heterocycles. The predicted molar refractivity (Wildman–Crippen MR) is 104 cm³/mol. The molecule has 0 aromatic heterocycles. The Bertz CT molecular complexity index is 498. The highest BCUT2D eigenvalue weighted by molar-refractivity contribution is 8.03. The summed E-state index contributed by atoms with van der Waals surface area (Å²) in [5, 5.41) is 10.9. The molecule has 1 N–H and O–H groups in total. The highest BCUT2D eigenvalue weighted by Gasteiger charge is 2.36. The maximum atomic E-state index is 10.1. The van der Waals surface area contributed by atoms with Gasteiger partial charge in [-0.25, -0.2) is 0 Å². The molecule has 2 nitrogen and oxygen atoms in total. The summed E-state index contributed by atoms with van der Waals surface area (Å²) in [5.74, 6) is 5.12.